The normalized spacial score (nSPS) is 11.9. The van der Waals surface area contributed by atoms with E-state index in [1.54, 1.807) is 0 Å². The van der Waals surface area contributed by atoms with Gasteiger partial charge in [-0.3, -0.25) is 0 Å². The Balaban J connectivity index is 1.23. The summed E-state index contributed by atoms with van der Waals surface area (Å²) in [5, 5.41) is 12.8. The molecule has 4 heteroatoms. The highest BCUT2D eigenvalue weighted by atomic mass is 31.2. The van der Waals surface area contributed by atoms with Crippen LogP contribution < -0.4 is 57.4 Å². The number of hydrogen-bond acceptors (Lipinski definition) is 1. The zero-order valence-electron chi connectivity index (χ0n) is 32.2. The molecule has 0 spiro atoms. The van der Waals surface area contributed by atoms with Gasteiger partial charge in [0.25, 0.3) is 0 Å². The Kier molecular flexibility index (Phi) is 10.4. The number of rotatable bonds is 11. The van der Waals surface area contributed by atoms with Crippen molar-refractivity contribution in [1.82, 2.24) is 0 Å². The molecule has 9 aromatic rings. The Hall–Kier alpha value is -6.36. The lowest BCUT2D eigenvalue weighted by molar-refractivity contribution is 0.592. The highest BCUT2D eigenvalue weighted by molar-refractivity contribution is 7.85. The smallest absolute Gasteiger partial charge is 0.179 e. The van der Waals surface area contributed by atoms with Gasteiger partial charge in [-0.15, -0.1) is 0 Å². The second-order valence-electron chi connectivity index (χ2n) is 14.7. The lowest BCUT2D eigenvalue weighted by Crippen LogP contribution is -2.74. The maximum atomic E-state index is 16.2. The minimum absolute atomic E-state index is 0.824. The molecule has 0 bridgehead atoms. The molecule has 0 aliphatic carbocycles. The maximum Gasteiger partial charge on any atom is 0.179 e. The standard InChI is InChI=1S/C54H43OPSi2/c55-56(44-22-8-1-9-23-44,45-36-40-53(41-37-45)57(47-24-10-2-11-25-47,48-26-12-3-13-27-48)49-28-14-4-15-29-49)46-38-42-54(43-39-46)58(50-30-16-5-17-31-50,51-32-18-6-19-33-51)52-34-20-7-21-35-52/h1-43H. The van der Waals surface area contributed by atoms with Crippen LogP contribution in [0.1, 0.15) is 0 Å². The number of hydrogen-bond donors (Lipinski definition) is 0. The predicted octanol–water partition coefficient (Wildman–Crippen LogP) is 6.08. The first kappa shape index (κ1) is 37.2. The van der Waals surface area contributed by atoms with E-state index in [0.717, 1.165) is 15.9 Å². The van der Waals surface area contributed by atoms with Crippen molar-refractivity contribution in [2.75, 3.05) is 0 Å². The van der Waals surface area contributed by atoms with Gasteiger partial charge in [-0.1, -0.05) is 261 Å². The molecule has 58 heavy (non-hydrogen) atoms. The molecule has 0 radical (unpaired) electrons. The van der Waals surface area contributed by atoms with Crippen LogP contribution in [-0.2, 0) is 4.57 Å². The second-order valence-corrected chi connectivity index (χ2v) is 25.1. The lowest BCUT2D eigenvalue weighted by Gasteiger charge is -2.35. The van der Waals surface area contributed by atoms with E-state index in [1.165, 1.54) is 41.5 Å². The highest BCUT2D eigenvalue weighted by Crippen LogP contribution is 2.42. The minimum Gasteiger partial charge on any atom is -0.309 e. The first-order valence-electron chi connectivity index (χ1n) is 19.9. The van der Waals surface area contributed by atoms with Gasteiger partial charge in [-0.05, 0) is 41.5 Å². The molecule has 0 aromatic heterocycles. The molecule has 0 saturated carbocycles. The van der Waals surface area contributed by atoms with Gasteiger partial charge in [-0.2, -0.15) is 0 Å². The van der Waals surface area contributed by atoms with Gasteiger partial charge in [0.15, 0.2) is 23.3 Å². The van der Waals surface area contributed by atoms with Crippen LogP contribution in [0, 0.1) is 0 Å². The van der Waals surface area contributed by atoms with Crippen LogP contribution in [0.3, 0.4) is 0 Å². The van der Waals surface area contributed by atoms with Crippen LogP contribution >= 0.6 is 7.14 Å². The van der Waals surface area contributed by atoms with Gasteiger partial charge >= 0.3 is 0 Å². The van der Waals surface area contributed by atoms with Crippen LogP contribution in [0.2, 0.25) is 0 Å². The molecule has 0 N–H and O–H groups in total. The summed E-state index contributed by atoms with van der Waals surface area (Å²) in [5.41, 5.74) is 0. The zero-order valence-corrected chi connectivity index (χ0v) is 35.1. The van der Waals surface area contributed by atoms with Crippen molar-refractivity contribution in [2.45, 2.75) is 0 Å². The van der Waals surface area contributed by atoms with Crippen molar-refractivity contribution in [2.24, 2.45) is 0 Å². The predicted molar refractivity (Wildman–Crippen MR) is 253 cm³/mol. The third-order valence-electron chi connectivity index (χ3n) is 11.7. The SMILES string of the molecule is O=P(c1ccccc1)(c1ccc([Si](c2ccccc2)(c2ccccc2)c2ccccc2)cc1)c1ccc([Si](c2ccccc2)(c2ccccc2)c2ccccc2)cc1. The molecule has 0 aliphatic rings. The molecule has 0 atom stereocenters. The molecule has 1 nitrogen and oxygen atoms in total. The van der Waals surface area contributed by atoms with Crippen molar-refractivity contribution in [3.63, 3.8) is 0 Å². The summed E-state index contributed by atoms with van der Waals surface area (Å²) >= 11 is 0. The largest absolute Gasteiger partial charge is 0.309 e. The molecular weight excluding hydrogens is 752 g/mol. The summed E-state index contributed by atoms with van der Waals surface area (Å²) in [7, 11) is -8.82. The fraction of sp³-hybridized carbons (Fsp3) is 0. The Morgan fingerprint density at radius 2 is 0.379 bits per heavy atom. The summed E-state index contributed by atoms with van der Waals surface area (Å²) in [6.07, 6.45) is 0. The topological polar surface area (TPSA) is 17.1 Å². The van der Waals surface area contributed by atoms with Gasteiger partial charge in [0.1, 0.15) is 0 Å². The van der Waals surface area contributed by atoms with Crippen LogP contribution in [0.5, 0.6) is 0 Å². The van der Waals surface area contributed by atoms with E-state index in [0.29, 0.717) is 0 Å². The summed E-state index contributed by atoms with van der Waals surface area (Å²) in [5.74, 6) is 0. The summed E-state index contributed by atoms with van der Waals surface area (Å²) in [4.78, 5) is 0. The van der Waals surface area contributed by atoms with Crippen molar-refractivity contribution >= 4 is 80.7 Å². The van der Waals surface area contributed by atoms with E-state index in [4.69, 9.17) is 0 Å². The third kappa shape index (κ3) is 6.38. The average Bonchev–Trinajstić information content (AvgIpc) is 3.32. The molecular formula is C54H43OPSi2. The first-order chi connectivity index (χ1) is 28.7. The minimum atomic E-state index is -3.32. The van der Waals surface area contributed by atoms with Gasteiger partial charge in [0, 0.05) is 15.9 Å². The maximum absolute atomic E-state index is 16.2. The molecule has 0 fully saturated rings. The Labute approximate surface area is 344 Å². The summed E-state index contributed by atoms with van der Waals surface area (Å²) in [6, 6.07) is 93.3. The number of benzene rings is 9. The molecule has 0 unspecified atom stereocenters. The van der Waals surface area contributed by atoms with E-state index in [9.17, 15) is 0 Å². The Morgan fingerprint density at radius 1 is 0.207 bits per heavy atom. The van der Waals surface area contributed by atoms with Gasteiger partial charge in [0.2, 0.25) is 0 Å². The zero-order chi connectivity index (χ0) is 39.3. The fourth-order valence-corrected chi connectivity index (χ4v) is 21.2. The molecule has 0 heterocycles. The van der Waals surface area contributed by atoms with Gasteiger partial charge < -0.3 is 4.57 Å². The van der Waals surface area contributed by atoms with Crippen molar-refractivity contribution in [1.29, 1.82) is 0 Å². The molecule has 0 saturated heterocycles. The molecule has 9 rings (SSSR count). The van der Waals surface area contributed by atoms with Crippen molar-refractivity contribution in [3.05, 3.63) is 261 Å². The third-order valence-corrected chi connectivity index (χ3v) is 24.4. The highest BCUT2D eigenvalue weighted by Gasteiger charge is 2.43. The van der Waals surface area contributed by atoms with E-state index in [2.05, 4.69) is 231 Å². The average molecular weight is 795 g/mol. The molecule has 9 aromatic carbocycles. The van der Waals surface area contributed by atoms with E-state index < -0.39 is 23.3 Å². The van der Waals surface area contributed by atoms with Crippen molar-refractivity contribution < 1.29 is 4.57 Å². The molecule has 0 aliphatic heterocycles. The summed E-state index contributed by atoms with van der Waals surface area (Å²) in [6.45, 7) is 0. The van der Waals surface area contributed by atoms with Crippen LogP contribution in [-0.4, -0.2) is 16.1 Å². The Morgan fingerprint density at radius 3 is 0.603 bits per heavy atom. The van der Waals surface area contributed by atoms with Gasteiger partial charge in [0.05, 0.1) is 0 Å². The van der Waals surface area contributed by atoms with Crippen molar-refractivity contribution in [3.8, 4) is 0 Å². The van der Waals surface area contributed by atoms with E-state index in [1.807, 2.05) is 30.3 Å². The van der Waals surface area contributed by atoms with E-state index in [-0.39, 0.29) is 0 Å². The van der Waals surface area contributed by atoms with Crippen LogP contribution in [0.15, 0.2) is 261 Å². The summed E-state index contributed by atoms with van der Waals surface area (Å²) < 4.78 is 16.2. The lowest BCUT2D eigenvalue weighted by atomic mass is 10.3. The Bertz CT molecular complexity index is 2380. The monoisotopic (exact) mass is 794 g/mol. The molecule has 0 amide bonds. The van der Waals surface area contributed by atoms with Crippen LogP contribution in [0.4, 0.5) is 0 Å². The quantitative estimate of drug-likeness (QED) is 0.0883. The first-order valence-corrected chi connectivity index (χ1v) is 25.6. The molecule has 278 valence electrons. The second kappa shape index (κ2) is 16.2. The van der Waals surface area contributed by atoms with Gasteiger partial charge in [-0.25, -0.2) is 0 Å². The fourth-order valence-electron chi connectivity index (χ4n) is 9.06. The van der Waals surface area contributed by atoms with E-state index >= 15 is 4.57 Å². The van der Waals surface area contributed by atoms with Crippen LogP contribution in [0.25, 0.3) is 0 Å².